The first-order chi connectivity index (χ1) is 6.74. The predicted molar refractivity (Wildman–Crippen MR) is 65.7 cm³/mol. The minimum Gasteiger partial charge on any atom is -0.383 e. The fourth-order valence-electron chi connectivity index (χ4n) is 1.02. The van der Waals surface area contributed by atoms with Gasteiger partial charge >= 0.3 is 0 Å². The Bertz CT molecular complexity index is 365. The first kappa shape index (κ1) is 11.3. The van der Waals surface area contributed by atoms with Crippen LogP contribution in [-0.2, 0) is 0 Å². The van der Waals surface area contributed by atoms with Crippen molar-refractivity contribution >= 4 is 28.3 Å². The number of halogens is 2. The van der Waals surface area contributed by atoms with E-state index in [2.05, 4.69) is 39.7 Å². The molecule has 0 spiro atoms. The fraction of sp³-hybridized carbons (Fsp3) is 0.273. The van der Waals surface area contributed by atoms with Gasteiger partial charge in [-0.3, -0.25) is 0 Å². The quantitative estimate of drug-likeness (QED) is 0.513. The molecule has 3 heteroatoms. The van der Waals surface area contributed by atoms with Gasteiger partial charge in [0.25, 0.3) is 0 Å². The van der Waals surface area contributed by atoms with Crippen LogP contribution in [0.3, 0.4) is 0 Å². The van der Waals surface area contributed by atoms with E-state index in [1.165, 1.54) is 12.1 Å². The normalized spacial score (nSPS) is 9.07. The van der Waals surface area contributed by atoms with E-state index in [4.69, 9.17) is 0 Å². The van der Waals surface area contributed by atoms with Crippen LogP contribution in [0.5, 0.6) is 0 Å². The molecule has 0 saturated carbocycles. The zero-order valence-electron chi connectivity index (χ0n) is 7.90. The molecule has 0 fully saturated rings. The van der Waals surface area contributed by atoms with Crippen LogP contribution in [0.2, 0.25) is 0 Å². The van der Waals surface area contributed by atoms with Gasteiger partial charge in [-0.15, -0.1) is 11.8 Å². The van der Waals surface area contributed by atoms with Crippen LogP contribution in [0.1, 0.15) is 13.3 Å². The molecule has 74 valence electrons. The largest absolute Gasteiger partial charge is 0.383 e. The second-order valence-electron chi connectivity index (χ2n) is 2.73. The lowest BCUT2D eigenvalue weighted by Crippen LogP contribution is -2.02. The van der Waals surface area contributed by atoms with Crippen LogP contribution in [0.25, 0.3) is 0 Å². The minimum absolute atomic E-state index is 0.201. The maximum absolute atomic E-state index is 12.7. The maximum atomic E-state index is 12.7. The molecule has 0 aliphatic carbocycles. The average Bonchev–Trinajstić information content (AvgIpc) is 2.15. The van der Waals surface area contributed by atoms with Crippen molar-refractivity contribution in [1.82, 2.24) is 0 Å². The van der Waals surface area contributed by atoms with E-state index in [0.29, 0.717) is 0 Å². The highest BCUT2D eigenvalue weighted by atomic mass is 127. The molecule has 0 unspecified atom stereocenters. The number of benzene rings is 1. The molecule has 0 atom stereocenters. The Balaban J connectivity index is 2.53. The lowest BCUT2D eigenvalue weighted by Gasteiger charge is -2.06. The van der Waals surface area contributed by atoms with Crippen molar-refractivity contribution in [3.8, 4) is 11.8 Å². The van der Waals surface area contributed by atoms with Crippen LogP contribution in [0, 0.1) is 21.2 Å². The van der Waals surface area contributed by atoms with Crippen LogP contribution in [0.15, 0.2) is 18.2 Å². The molecule has 0 radical (unpaired) electrons. The summed E-state index contributed by atoms with van der Waals surface area (Å²) in [6.45, 7) is 2.62. The summed E-state index contributed by atoms with van der Waals surface area (Å²) >= 11 is 2.11. The molecular formula is C11H11FIN. The van der Waals surface area contributed by atoms with Crippen molar-refractivity contribution in [2.45, 2.75) is 13.3 Å². The Labute approximate surface area is 97.2 Å². The Morgan fingerprint density at radius 1 is 1.50 bits per heavy atom. The van der Waals surface area contributed by atoms with E-state index in [9.17, 15) is 4.39 Å². The van der Waals surface area contributed by atoms with Gasteiger partial charge in [0, 0.05) is 22.2 Å². The summed E-state index contributed by atoms with van der Waals surface area (Å²) < 4.78 is 13.6. The second kappa shape index (κ2) is 5.86. The van der Waals surface area contributed by atoms with Gasteiger partial charge in [0.1, 0.15) is 5.82 Å². The van der Waals surface area contributed by atoms with Crippen molar-refractivity contribution in [1.29, 1.82) is 0 Å². The van der Waals surface area contributed by atoms with Gasteiger partial charge in [-0.1, -0.05) is 0 Å². The molecular weight excluding hydrogens is 292 g/mol. The van der Waals surface area contributed by atoms with Gasteiger partial charge < -0.3 is 5.32 Å². The first-order valence-electron chi connectivity index (χ1n) is 4.32. The molecule has 0 heterocycles. The molecule has 0 aliphatic heterocycles. The van der Waals surface area contributed by atoms with Crippen LogP contribution < -0.4 is 5.32 Å². The van der Waals surface area contributed by atoms with E-state index < -0.39 is 0 Å². The van der Waals surface area contributed by atoms with Crippen molar-refractivity contribution < 1.29 is 4.39 Å². The summed E-state index contributed by atoms with van der Waals surface area (Å²) in [7, 11) is 0. The summed E-state index contributed by atoms with van der Waals surface area (Å²) in [4.78, 5) is 0. The summed E-state index contributed by atoms with van der Waals surface area (Å²) in [5, 5.41) is 3.20. The zero-order chi connectivity index (χ0) is 10.4. The summed E-state index contributed by atoms with van der Waals surface area (Å²) in [5.74, 6) is 5.59. The Morgan fingerprint density at radius 3 is 2.93 bits per heavy atom. The molecule has 14 heavy (non-hydrogen) atoms. The lowest BCUT2D eigenvalue weighted by atomic mass is 10.3. The predicted octanol–water partition coefficient (Wildman–Crippen LogP) is 3.26. The molecule has 0 amide bonds. The number of anilines is 1. The van der Waals surface area contributed by atoms with Gasteiger partial charge in [0.2, 0.25) is 0 Å². The second-order valence-corrected chi connectivity index (χ2v) is 3.89. The molecule has 0 aliphatic rings. The summed E-state index contributed by atoms with van der Waals surface area (Å²) in [5.41, 5.74) is 0.963. The van der Waals surface area contributed by atoms with Gasteiger partial charge in [0.05, 0.1) is 0 Å². The van der Waals surface area contributed by atoms with E-state index in [1.807, 2.05) is 6.92 Å². The Morgan fingerprint density at radius 2 is 2.29 bits per heavy atom. The van der Waals surface area contributed by atoms with Crippen molar-refractivity contribution in [3.63, 3.8) is 0 Å². The highest BCUT2D eigenvalue weighted by Gasteiger charge is 1.99. The van der Waals surface area contributed by atoms with Gasteiger partial charge in [0.15, 0.2) is 0 Å². The lowest BCUT2D eigenvalue weighted by molar-refractivity contribution is 0.627. The molecule has 1 aromatic carbocycles. The minimum atomic E-state index is -0.201. The number of hydrogen-bond acceptors (Lipinski definition) is 1. The highest BCUT2D eigenvalue weighted by Crippen LogP contribution is 2.18. The third-order valence-electron chi connectivity index (χ3n) is 1.67. The van der Waals surface area contributed by atoms with Crippen LogP contribution in [0.4, 0.5) is 10.1 Å². The summed E-state index contributed by atoms with van der Waals surface area (Å²) in [6, 6.07) is 4.71. The van der Waals surface area contributed by atoms with E-state index in [-0.39, 0.29) is 5.82 Å². The number of hydrogen-bond donors (Lipinski definition) is 1. The van der Waals surface area contributed by atoms with Crippen LogP contribution in [-0.4, -0.2) is 6.54 Å². The van der Waals surface area contributed by atoms with E-state index in [1.54, 1.807) is 6.07 Å². The topological polar surface area (TPSA) is 12.0 Å². The molecule has 0 aromatic heterocycles. The standard InChI is InChI=1S/C11H11FIN/c1-2-3-4-7-14-11-6-5-9(12)8-10(11)13/h5-6,8,14H,4,7H2,1H3. The van der Waals surface area contributed by atoms with Crippen molar-refractivity contribution in [2.75, 3.05) is 11.9 Å². The molecule has 0 saturated heterocycles. The van der Waals surface area contributed by atoms with E-state index in [0.717, 1.165) is 22.2 Å². The van der Waals surface area contributed by atoms with E-state index >= 15 is 0 Å². The molecule has 1 aromatic rings. The Hall–Kier alpha value is -0.760. The molecule has 1 rings (SSSR count). The van der Waals surface area contributed by atoms with Crippen molar-refractivity contribution in [3.05, 3.63) is 27.6 Å². The maximum Gasteiger partial charge on any atom is 0.124 e. The fourth-order valence-corrected chi connectivity index (χ4v) is 1.69. The number of nitrogens with one attached hydrogen (secondary N) is 1. The monoisotopic (exact) mass is 303 g/mol. The molecule has 1 N–H and O–H groups in total. The smallest absolute Gasteiger partial charge is 0.124 e. The SMILES string of the molecule is CC#CCCNc1ccc(F)cc1I. The first-order valence-corrected chi connectivity index (χ1v) is 5.40. The van der Waals surface area contributed by atoms with Gasteiger partial charge in [-0.2, -0.15) is 0 Å². The zero-order valence-corrected chi connectivity index (χ0v) is 10.1. The van der Waals surface area contributed by atoms with Crippen LogP contribution >= 0.6 is 22.6 Å². The van der Waals surface area contributed by atoms with Gasteiger partial charge in [-0.05, 0) is 47.7 Å². The average molecular weight is 303 g/mol. The van der Waals surface area contributed by atoms with Crippen molar-refractivity contribution in [2.24, 2.45) is 0 Å². The Kier molecular flexibility index (Phi) is 4.74. The summed E-state index contributed by atoms with van der Waals surface area (Å²) in [6.07, 6.45) is 0.809. The third kappa shape index (κ3) is 3.54. The highest BCUT2D eigenvalue weighted by molar-refractivity contribution is 14.1. The third-order valence-corrected chi connectivity index (χ3v) is 2.57. The van der Waals surface area contributed by atoms with Gasteiger partial charge in [-0.25, -0.2) is 4.39 Å². The molecule has 0 bridgehead atoms. The molecule has 1 nitrogen and oxygen atoms in total. The number of rotatable bonds is 3.